The Balaban J connectivity index is 2.21. The van der Waals surface area contributed by atoms with Gasteiger partial charge >= 0.3 is 5.97 Å². The van der Waals surface area contributed by atoms with Crippen molar-refractivity contribution >= 4 is 17.0 Å². The molecule has 5 nitrogen and oxygen atoms in total. The molecule has 112 valence electrons. The lowest BCUT2D eigenvalue weighted by atomic mass is 10.00. The van der Waals surface area contributed by atoms with Crippen LogP contribution in [0.5, 0.6) is 0 Å². The molecule has 0 amide bonds. The summed E-state index contributed by atoms with van der Waals surface area (Å²) >= 11 is 0. The number of aryl methyl sites for hydroxylation is 1. The second-order valence-electron chi connectivity index (χ2n) is 5.96. The van der Waals surface area contributed by atoms with E-state index in [1.165, 1.54) is 6.42 Å². The van der Waals surface area contributed by atoms with Gasteiger partial charge in [-0.25, -0.2) is 14.5 Å². The van der Waals surface area contributed by atoms with E-state index < -0.39 is 5.97 Å². The van der Waals surface area contributed by atoms with Crippen molar-refractivity contribution in [2.45, 2.75) is 52.1 Å². The Bertz CT molecular complexity index is 682. The van der Waals surface area contributed by atoms with Crippen LogP contribution in [0, 0.1) is 6.92 Å². The average molecular weight is 287 g/mol. The van der Waals surface area contributed by atoms with Crippen LogP contribution >= 0.6 is 0 Å². The zero-order valence-electron chi connectivity index (χ0n) is 12.7. The molecular weight excluding hydrogens is 266 g/mol. The number of rotatable bonds is 2. The van der Waals surface area contributed by atoms with Crippen molar-refractivity contribution < 1.29 is 9.90 Å². The lowest BCUT2D eigenvalue weighted by Gasteiger charge is -2.42. The topological polar surface area (TPSA) is 58.4 Å². The van der Waals surface area contributed by atoms with Gasteiger partial charge in [-0.1, -0.05) is 6.07 Å². The number of imidazole rings is 1. The Morgan fingerprint density at radius 2 is 1.95 bits per heavy atom. The van der Waals surface area contributed by atoms with Crippen molar-refractivity contribution in [3.8, 4) is 0 Å². The SMILES string of the molecule is Cc1nc2c(C(=O)O)cccc2n1N1C(C)CCCC1C. The molecule has 1 aliphatic heterocycles. The summed E-state index contributed by atoms with van der Waals surface area (Å²) in [5.74, 6) is -0.0794. The Hall–Kier alpha value is -2.04. The highest BCUT2D eigenvalue weighted by atomic mass is 16.4. The molecule has 1 aliphatic rings. The average Bonchev–Trinajstić information content (AvgIpc) is 2.75. The highest BCUT2D eigenvalue weighted by molar-refractivity contribution is 6.01. The van der Waals surface area contributed by atoms with Crippen molar-refractivity contribution in [3.05, 3.63) is 29.6 Å². The molecule has 1 N–H and O–H groups in total. The van der Waals surface area contributed by atoms with Gasteiger partial charge in [-0.2, -0.15) is 0 Å². The van der Waals surface area contributed by atoms with Crippen LogP contribution in [-0.4, -0.2) is 32.8 Å². The minimum atomic E-state index is -0.926. The third-order valence-electron chi connectivity index (χ3n) is 4.43. The maximum absolute atomic E-state index is 11.4. The van der Waals surface area contributed by atoms with Crippen LogP contribution in [0.1, 0.15) is 49.3 Å². The number of benzene rings is 1. The van der Waals surface area contributed by atoms with Gasteiger partial charge in [-0.05, 0) is 52.2 Å². The first-order valence-electron chi connectivity index (χ1n) is 7.50. The van der Waals surface area contributed by atoms with Gasteiger partial charge in [0.25, 0.3) is 0 Å². The first-order chi connectivity index (χ1) is 10.0. The smallest absolute Gasteiger partial charge is 0.337 e. The fourth-order valence-electron chi connectivity index (χ4n) is 3.47. The Morgan fingerprint density at radius 3 is 2.57 bits per heavy atom. The lowest BCUT2D eigenvalue weighted by molar-refractivity contribution is 0.0699. The molecule has 2 unspecified atom stereocenters. The quantitative estimate of drug-likeness (QED) is 0.922. The third kappa shape index (κ3) is 2.17. The number of aromatic carboxylic acids is 1. The molecule has 0 spiro atoms. The van der Waals surface area contributed by atoms with Gasteiger partial charge in [0, 0.05) is 12.1 Å². The summed E-state index contributed by atoms with van der Waals surface area (Å²) in [6, 6.07) is 6.22. The van der Waals surface area contributed by atoms with Crippen molar-refractivity contribution in [2.24, 2.45) is 0 Å². The minimum Gasteiger partial charge on any atom is -0.478 e. The number of hydrogen-bond acceptors (Lipinski definition) is 3. The van der Waals surface area contributed by atoms with E-state index in [0.29, 0.717) is 17.6 Å². The molecular formula is C16H21N3O2. The summed E-state index contributed by atoms with van der Waals surface area (Å²) in [4.78, 5) is 15.9. The van der Waals surface area contributed by atoms with Gasteiger partial charge in [0.1, 0.15) is 11.3 Å². The maximum atomic E-state index is 11.4. The highest BCUT2D eigenvalue weighted by Crippen LogP contribution is 2.27. The number of carbonyl (C=O) groups is 1. The van der Waals surface area contributed by atoms with E-state index in [0.717, 1.165) is 24.2 Å². The normalized spacial score (nSPS) is 22.7. The van der Waals surface area contributed by atoms with Crippen molar-refractivity contribution in [3.63, 3.8) is 0 Å². The number of para-hydroxylation sites is 1. The van der Waals surface area contributed by atoms with Crippen molar-refractivity contribution in [1.29, 1.82) is 0 Å². The number of fused-ring (bicyclic) bond motifs is 1. The van der Waals surface area contributed by atoms with Gasteiger partial charge in [0.05, 0.1) is 11.1 Å². The molecule has 21 heavy (non-hydrogen) atoms. The predicted molar refractivity (Wildman–Crippen MR) is 82.4 cm³/mol. The summed E-state index contributed by atoms with van der Waals surface area (Å²) in [5, 5.41) is 11.7. The number of nitrogens with zero attached hydrogens (tertiary/aromatic N) is 3. The Kier molecular flexibility index (Phi) is 3.35. The third-order valence-corrected chi connectivity index (χ3v) is 4.43. The summed E-state index contributed by atoms with van der Waals surface area (Å²) in [6.45, 7) is 6.39. The molecule has 2 atom stereocenters. The standard InChI is InChI=1S/C16H21N3O2/c1-10-6-4-7-11(2)18(10)19-12(3)17-15-13(16(20)21)8-5-9-14(15)19/h5,8-11H,4,6-7H2,1-3H3,(H,20,21). The highest BCUT2D eigenvalue weighted by Gasteiger charge is 2.28. The number of hydrogen-bond donors (Lipinski definition) is 1. The number of aromatic nitrogens is 2. The molecule has 0 radical (unpaired) electrons. The van der Waals surface area contributed by atoms with Crippen LogP contribution in [0.4, 0.5) is 0 Å². The first-order valence-corrected chi connectivity index (χ1v) is 7.50. The van der Waals surface area contributed by atoms with Crippen LogP contribution in [0.25, 0.3) is 11.0 Å². The van der Waals surface area contributed by atoms with Crippen molar-refractivity contribution in [2.75, 3.05) is 5.01 Å². The first kappa shape index (κ1) is 13.9. The molecule has 0 bridgehead atoms. The summed E-state index contributed by atoms with van der Waals surface area (Å²) in [5.41, 5.74) is 1.73. The maximum Gasteiger partial charge on any atom is 0.337 e. The van der Waals surface area contributed by atoms with Crippen LogP contribution in [0.15, 0.2) is 18.2 Å². The van der Waals surface area contributed by atoms with Crippen LogP contribution in [0.3, 0.4) is 0 Å². The van der Waals surface area contributed by atoms with Gasteiger partial charge < -0.3 is 10.1 Å². The second-order valence-corrected chi connectivity index (χ2v) is 5.96. The van der Waals surface area contributed by atoms with E-state index in [9.17, 15) is 9.90 Å². The molecule has 0 aliphatic carbocycles. The molecule has 3 rings (SSSR count). The molecule has 1 aromatic carbocycles. The molecule has 1 saturated heterocycles. The molecule has 0 saturated carbocycles. The fourth-order valence-corrected chi connectivity index (χ4v) is 3.47. The van der Waals surface area contributed by atoms with Gasteiger partial charge in [-0.15, -0.1) is 0 Å². The fraction of sp³-hybridized carbons (Fsp3) is 0.500. The second kappa shape index (κ2) is 5.06. The van der Waals surface area contributed by atoms with E-state index in [1.54, 1.807) is 12.1 Å². The summed E-state index contributed by atoms with van der Waals surface area (Å²) in [6.07, 6.45) is 3.55. The molecule has 1 fully saturated rings. The van der Waals surface area contributed by atoms with Crippen LogP contribution < -0.4 is 5.01 Å². The van der Waals surface area contributed by atoms with E-state index in [1.807, 2.05) is 13.0 Å². The van der Waals surface area contributed by atoms with E-state index in [2.05, 4.69) is 28.5 Å². The van der Waals surface area contributed by atoms with E-state index >= 15 is 0 Å². The lowest BCUT2D eigenvalue weighted by Crippen LogP contribution is -2.51. The van der Waals surface area contributed by atoms with E-state index in [-0.39, 0.29) is 5.56 Å². The molecule has 5 heteroatoms. The molecule has 2 heterocycles. The van der Waals surface area contributed by atoms with Crippen LogP contribution in [0.2, 0.25) is 0 Å². The van der Waals surface area contributed by atoms with Gasteiger partial charge in [0.2, 0.25) is 0 Å². The Morgan fingerprint density at radius 1 is 1.29 bits per heavy atom. The molecule has 1 aromatic heterocycles. The largest absolute Gasteiger partial charge is 0.478 e. The molecule has 2 aromatic rings. The van der Waals surface area contributed by atoms with Gasteiger partial charge in [-0.3, -0.25) is 0 Å². The van der Waals surface area contributed by atoms with Crippen LogP contribution in [-0.2, 0) is 0 Å². The predicted octanol–water partition coefficient (Wildman–Crippen LogP) is 2.94. The zero-order valence-corrected chi connectivity index (χ0v) is 12.7. The number of carboxylic acids is 1. The Labute approximate surface area is 124 Å². The van der Waals surface area contributed by atoms with E-state index in [4.69, 9.17) is 0 Å². The van der Waals surface area contributed by atoms with Crippen molar-refractivity contribution in [1.82, 2.24) is 9.66 Å². The summed E-state index contributed by atoms with van der Waals surface area (Å²) in [7, 11) is 0. The number of carboxylic acid groups (broad SMARTS) is 1. The number of piperidine rings is 1. The van der Waals surface area contributed by atoms with Gasteiger partial charge in [0.15, 0.2) is 0 Å². The summed E-state index contributed by atoms with van der Waals surface area (Å²) < 4.78 is 2.11. The minimum absolute atomic E-state index is 0.270. The monoisotopic (exact) mass is 287 g/mol. The zero-order chi connectivity index (χ0) is 15.1.